The van der Waals surface area contributed by atoms with Crippen LogP contribution in [0.15, 0.2) is 17.3 Å². The lowest BCUT2D eigenvalue weighted by Gasteiger charge is -2.01. The topological polar surface area (TPSA) is 41.4 Å². The number of aromatic nitrogens is 2. The summed E-state index contributed by atoms with van der Waals surface area (Å²) in [7, 11) is 3.82. The molecule has 0 unspecified atom stereocenters. The predicted octanol–water partition coefficient (Wildman–Crippen LogP) is 1.01. The van der Waals surface area contributed by atoms with E-state index in [1.165, 1.54) is 0 Å². The molecule has 0 amide bonds. The molecule has 0 aromatic carbocycles. The van der Waals surface area contributed by atoms with E-state index in [1.807, 2.05) is 32.0 Å². The smallest absolute Gasteiger partial charge is 0.176 e. The van der Waals surface area contributed by atoms with Crippen molar-refractivity contribution in [3.63, 3.8) is 0 Å². The molecule has 1 aromatic heterocycles. The van der Waals surface area contributed by atoms with E-state index in [-0.39, 0.29) is 0 Å². The van der Waals surface area contributed by atoms with E-state index in [4.69, 9.17) is 0 Å². The predicted molar refractivity (Wildman–Crippen MR) is 48.6 cm³/mol. The lowest BCUT2D eigenvalue weighted by Crippen LogP contribution is -2.07. The van der Waals surface area contributed by atoms with Gasteiger partial charge in [0.05, 0.1) is 12.5 Å². The fraction of sp³-hybridized carbons (Fsp3) is 0.375. The largest absolute Gasteiger partial charge is 0.369 e. The van der Waals surface area contributed by atoms with Crippen LogP contribution in [-0.2, 0) is 0 Å². The molecule has 4 nitrogen and oxygen atoms in total. The maximum atomic E-state index is 4.09. The van der Waals surface area contributed by atoms with Crippen LogP contribution in [0.25, 0.3) is 0 Å². The number of aryl methyl sites for hydroxylation is 1. The van der Waals surface area contributed by atoms with Crippen LogP contribution < -0.4 is 0 Å². The van der Waals surface area contributed by atoms with E-state index in [0.29, 0.717) is 5.82 Å². The van der Waals surface area contributed by atoms with Crippen molar-refractivity contribution in [2.24, 2.45) is 4.99 Å². The number of hydrogen-bond acceptors (Lipinski definition) is 3. The van der Waals surface area contributed by atoms with Crippen molar-refractivity contribution in [3.8, 4) is 0 Å². The molecular formula is C8H12N4. The van der Waals surface area contributed by atoms with Gasteiger partial charge in [-0.1, -0.05) is 0 Å². The van der Waals surface area contributed by atoms with E-state index in [2.05, 4.69) is 15.2 Å². The fourth-order valence-electron chi connectivity index (χ4n) is 0.687. The number of rotatable bonds is 2. The Balaban J connectivity index is 2.76. The molecule has 1 aromatic rings. The highest BCUT2D eigenvalue weighted by Gasteiger charge is 1.90. The van der Waals surface area contributed by atoms with Crippen LogP contribution in [0.3, 0.4) is 0 Å². The summed E-state index contributed by atoms with van der Waals surface area (Å²) in [6.45, 7) is 1.96. The summed E-state index contributed by atoms with van der Waals surface area (Å²) in [5.74, 6) is 0.642. The van der Waals surface area contributed by atoms with Gasteiger partial charge in [-0.25, -0.2) is 4.99 Å². The van der Waals surface area contributed by atoms with E-state index in [9.17, 15) is 0 Å². The van der Waals surface area contributed by atoms with Crippen LogP contribution in [0.5, 0.6) is 0 Å². The van der Waals surface area contributed by atoms with Gasteiger partial charge in [0, 0.05) is 14.1 Å². The molecule has 0 bridgehead atoms. The molecule has 0 radical (unpaired) electrons. The summed E-state index contributed by atoms with van der Waals surface area (Å²) in [6.07, 6.45) is 3.40. The third-order valence-corrected chi connectivity index (χ3v) is 1.20. The minimum Gasteiger partial charge on any atom is -0.369 e. The Hall–Kier alpha value is -1.45. The molecule has 0 atom stereocenters. The quantitative estimate of drug-likeness (QED) is 0.484. The Morgan fingerprint density at radius 1 is 1.50 bits per heavy atom. The molecule has 0 aliphatic rings. The second-order valence-electron chi connectivity index (χ2n) is 2.80. The summed E-state index contributed by atoms with van der Waals surface area (Å²) in [5.41, 5.74) is 1.07. The van der Waals surface area contributed by atoms with Gasteiger partial charge in [0.2, 0.25) is 0 Å². The molecule has 4 heteroatoms. The lowest BCUT2D eigenvalue weighted by molar-refractivity contribution is 0.642. The van der Waals surface area contributed by atoms with Crippen molar-refractivity contribution in [2.75, 3.05) is 14.1 Å². The Morgan fingerprint density at radius 2 is 2.25 bits per heavy atom. The van der Waals surface area contributed by atoms with Crippen molar-refractivity contribution in [1.29, 1.82) is 0 Å². The average molecular weight is 164 g/mol. The zero-order valence-electron chi connectivity index (χ0n) is 7.52. The molecule has 0 aliphatic carbocycles. The number of hydrogen-bond donors (Lipinski definition) is 0. The first kappa shape index (κ1) is 8.64. The van der Waals surface area contributed by atoms with Crippen molar-refractivity contribution in [1.82, 2.24) is 15.1 Å². The minimum atomic E-state index is 0.642. The van der Waals surface area contributed by atoms with Gasteiger partial charge in [-0.15, -0.1) is 5.10 Å². The monoisotopic (exact) mass is 164 g/mol. The van der Waals surface area contributed by atoms with Crippen LogP contribution in [0.2, 0.25) is 0 Å². The molecule has 12 heavy (non-hydrogen) atoms. The van der Waals surface area contributed by atoms with Gasteiger partial charge in [0.1, 0.15) is 0 Å². The molecule has 0 fully saturated rings. The fourth-order valence-corrected chi connectivity index (χ4v) is 0.687. The lowest BCUT2D eigenvalue weighted by atomic mass is 10.3. The first-order valence-corrected chi connectivity index (χ1v) is 3.68. The van der Waals surface area contributed by atoms with E-state index in [0.717, 1.165) is 5.56 Å². The highest BCUT2D eigenvalue weighted by molar-refractivity contribution is 5.58. The molecule has 1 rings (SSSR count). The van der Waals surface area contributed by atoms with Gasteiger partial charge in [-0.2, -0.15) is 5.10 Å². The second kappa shape index (κ2) is 3.80. The molecular weight excluding hydrogens is 152 g/mol. The van der Waals surface area contributed by atoms with Crippen LogP contribution in [0.4, 0.5) is 5.82 Å². The molecule has 0 saturated carbocycles. The van der Waals surface area contributed by atoms with Crippen molar-refractivity contribution >= 4 is 12.2 Å². The normalized spacial score (nSPS) is 10.6. The molecule has 0 saturated heterocycles. The number of aliphatic imine (C=N–C) groups is 1. The molecule has 0 aliphatic heterocycles. The third kappa shape index (κ3) is 2.65. The molecule has 0 N–H and O–H groups in total. The zero-order chi connectivity index (χ0) is 8.97. The Labute approximate surface area is 72.0 Å². The van der Waals surface area contributed by atoms with Crippen LogP contribution >= 0.6 is 0 Å². The highest BCUT2D eigenvalue weighted by Crippen LogP contribution is 2.05. The van der Waals surface area contributed by atoms with Gasteiger partial charge in [0.15, 0.2) is 5.82 Å². The maximum Gasteiger partial charge on any atom is 0.176 e. The first-order valence-electron chi connectivity index (χ1n) is 3.68. The van der Waals surface area contributed by atoms with Gasteiger partial charge in [-0.05, 0) is 18.6 Å². The Kier molecular flexibility index (Phi) is 2.74. The summed E-state index contributed by atoms with van der Waals surface area (Å²) in [4.78, 5) is 5.95. The number of nitrogens with zero attached hydrogens (tertiary/aromatic N) is 4. The van der Waals surface area contributed by atoms with Gasteiger partial charge in [-0.3, -0.25) is 0 Å². The van der Waals surface area contributed by atoms with Crippen molar-refractivity contribution in [2.45, 2.75) is 6.92 Å². The first-order chi connectivity index (χ1) is 5.68. The average Bonchev–Trinajstić information content (AvgIpc) is 2.01. The maximum absolute atomic E-state index is 4.09. The van der Waals surface area contributed by atoms with Crippen molar-refractivity contribution < 1.29 is 0 Å². The van der Waals surface area contributed by atoms with Crippen molar-refractivity contribution in [3.05, 3.63) is 17.8 Å². The molecule has 1 heterocycles. The van der Waals surface area contributed by atoms with Crippen LogP contribution in [0.1, 0.15) is 5.56 Å². The summed E-state index contributed by atoms with van der Waals surface area (Å²) >= 11 is 0. The van der Waals surface area contributed by atoms with Gasteiger partial charge >= 0.3 is 0 Å². The third-order valence-electron chi connectivity index (χ3n) is 1.20. The summed E-state index contributed by atoms with van der Waals surface area (Å²) in [5, 5.41) is 7.62. The van der Waals surface area contributed by atoms with Crippen LogP contribution in [0, 0.1) is 6.92 Å². The zero-order valence-corrected chi connectivity index (χ0v) is 7.52. The summed E-state index contributed by atoms with van der Waals surface area (Å²) < 4.78 is 0. The second-order valence-corrected chi connectivity index (χ2v) is 2.80. The Bertz CT molecular complexity index is 280. The molecule has 0 spiro atoms. The van der Waals surface area contributed by atoms with E-state index >= 15 is 0 Å². The minimum absolute atomic E-state index is 0.642. The summed E-state index contributed by atoms with van der Waals surface area (Å²) in [6, 6.07) is 1.88. The molecule has 64 valence electrons. The SMILES string of the molecule is Cc1cnnc(/N=C/N(C)C)c1. The van der Waals surface area contributed by atoms with Gasteiger partial charge < -0.3 is 4.90 Å². The standard InChI is InChI=1S/C8H12N4/c1-7-4-8(11-10-5-7)9-6-12(2)3/h4-6H,1-3H3/b9-6+. The van der Waals surface area contributed by atoms with E-state index < -0.39 is 0 Å². The van der Waals surface area contributed by atoms with Gasteiger partial charge in [0.25, 0.3) is 0 Å². The Morgan fingerprint density at radius 3 is 2.83 bits per heavy atom. The van der Waals surface area contributed by atoms with Crippen LogP contribution in [-0.4, -0.2) is 35.5 Å². The highest BCUT2D eigenvalue weighted by atomic mass is 15.2. The van der Waals surface area contributed by atoms with E-state index in [1.54, 1.807) is 12.5 Å².